The molecule has 0 atom stereocenters. The van der Waals surface area contributed by atoms with Crippen molar-refractivity contribution in [1.82, 2.24) is 4.98 Å². The Balaban J connectivity index is 0.000000250. The molecule has 1 aliphatic rings. The molecule has 0 unspecified atom stereocenters. The van der Waals surface area contributed by atoms with Gasteiger partial charge >= 0.3 is 0 Å². The fraction of sp³-hybridized carbons (Fsp3) is 0.412. The van der Waals surface area contributed by atoms with Crippen molar-refractivity contribution in [3.63, 3.8) is 0 Å². The van der Waals surface area contributed by atoms with Gasteiger partial charge in [0.15, 0.2) is 0 Å². The number of benzene rings is 1. The zero-order valence-corrected chi connectivity index (χ0v) is 15.7. The van der Waals surface area contributed by atoms with Gasteiger partial charge in [-0.15, -0.1) is 12.2 Å². The molecule has 2 nitrogen and oxygen atoms in total. The molecular formula is C17H22N2Y-2. The summed E-state index contributed by atoms with van der Waals surface area (Å²) in [6.45, 7) is 9.62. The minimum absolute atomic E-state index is 0. The van der Waals surface area contributed by atoms with Gasteiger partial charge in [-0.1, -0.05) is 32.0 Å². The molecule has 20 heavy (non-hydrogen) atoms. The molecule has 0 saturated carbocycles. The normalized spacial score (nSPS) is 12.5. The van der Waals surface area contributed by atoms with Crippen molar-refractivity contribution in [3.8, 4) is 0 Å². The van der Waals surface area contributed by atoms with Crippen LogP contribution in [0.2, 0.25) is 0 Å². The van der Waals surface area contributed by atoms with Gasteiger partial charge in [0.05, 0.1) is 0 Å². The Kier molecular flexibility index (Phi) is 7.12. The quantitative estimate of drug-likeness (QED) is 0.666. The topological polar surface area (TPSA) is 27.0 Å². The first-order chi connectivity index (χ1) is 9.09. The molecule has 1 radical (unpaired) electrons. The van der Waals surface area contributed by atoms with Crippen LogP contribution in [0.4, 0.5) is 5.69 Å². The van der Waals surface area contributed by atoms with Gasteiger partial charge in [0, 0.05) is 45.1 Å². The molecule has 0 N–H and O–H groups in total. The van der Waals surface area contributed by atoms with Crippen molar-refractivity contribution in [2.24, 2.45) is 5.92 Å². The Morgan fingerprint density at radius 1 is 1.20 bits per heavy atom. The summed E-state index contributed by atoms with van der Waals surface area (Å²) < 4.78 is 0. The second kappa shape index (κ2) is 8.09. The Morgan fingerprint density at radius 2 is 1.90 bits per heavy atom. The standard InChI is InChI=1S/C11H9N2.C6H13.Y/c1-2-8-6-12-7-9-4-5-13-10(3-1)11(8)9;1-5(2)6(3)4;/h1-3,6-7H,4-5H2;5H,1-4H3;/q2*-1;. The number of nitrogens with zero attached hydrogens (tertiary/aromatic N) is 2. The van der Waals surface area contributed by atoms with Crippen LogP contribution in [0.15, 0.2) is 30.6 Å². The molecule has 2 aromatic rings. The predicted molar refractivity (Wildman–Crippen MR) is 82.8 cm³/mol. The number of hydrogen-bond donors (Lipinski definition) is 0. The van der Waals surface area contributed by atoms with Crippen LogP contribution in [0.5, 0.6) is 0 Å². The van der Waals surface area contributed by atoms with Crippen LogP contribution in [-0.2, 0) is 39.1 Å². The van der Waals surface area contributed by atoms with Gasteiger partial charge in [-0.05, 0) is 22.8 Å². The van der Waals surface area contributed by atoms with Gasteiger partial charge in [-0.25, -0.2) is 0 Å². The summed E-state index contributed by atoms with van der Waals surface area (Å²) in [6, 6.07) is 6.21. The first-order valence-corrected chi connectivity index (χ1v) is 6.92. The Morgan fingerprint density at radius 3 is 2.55 bits per heavy atom. The molecule has 0 saturated heterocycles. The molecule has 1 aromatic heterocycles. The van der Waals surface area contributed by atoms with E-state index in [9.17, 15) is 0 Å². The minimum Gasteiger partial charge on any atom is -0.684 e. The maximum Gasteiger partial charge on any atom is 0.0346 e. The smallest absolute Gasteiger partial charge is 0.0346 e. The first-order valence-electron chi connectivity index (χ1n) is 6.92. The molecule has 0 amide bonds. The Hall–Kier alpha value is -0.466. The SMILES string of the molecule is C[C-](C)C(C)C.[Y].c1cc2c3c(cncc3c1)CC[N-]2. The van der Waals surface area contributed by atoms with Gasteiger partial charge in [0.25, 0.3) is 0 Å². The minimum atomic E-state index is 0. The number of hydrogen-bond acceptors (Lipinski definition) is 1. The van der Waals surface area contributed by atoms with Gasteiger partial charge < -0.3 is 11.2 Å². The van der Waals surface area contributed by atoms with Crippen molar-refractivity contribution in [1.29, 1.82) is 0 Å². The van der Waals surface area contributed by atoms with E-state index in [2.05, 4.69) is 50.1 Å². The molecule has 0 fully saturated rings. The maximum atomic E-state index is 4.48. The third-order valence-corrected chi connectivity index (χ3v) is 3.66. The molecule has 0 aliphatic carbocycles. The molecular weight excluding hydrogens is 321 g/mol. The second-order valence-electron chi connectivity index (χ2n) is 5.54. The van der Waals surface area contributed by atoms with Crippen LogP contribution < -0.4 is 0 Å². The average Bonchev–Trinajstić information content (AvgIpc) is 2.40. The van der Waals surface area contributed by atoms with E-state index >= 15 is 0 Å². The van der Waals surface area contributed by atoms with Gasteiger partial charge in [0.2, 0.25) is 0 Å². The van der Waals surface area contributed by atoms with E-state index in [4.69, 9.17) is 0 Å². The van der Waals surface area contributed by atoms with Gasteiger partial charge in [-0.2, -0.15) is 19.8 Å². The molecule has 0 bridgehead atoms. The van der Waals surface area contributed by atoms with Crippen molar-refractivity contribution in [3.05, 3.63) is 47.4 Å². The first kappa shape index (κ1) is 17.6. The maximum absolute atomic E-state index is 4.48. The third-order valence-electron chi connectivity index (χ3n) is 3.66. The van der Waals surface area contributed by atoms with E-state index in [1.54, 1.807) is 0 Å². The summed E-state index contributed by atoms with van der Waals surface area (Å²) >= 11 is 0. The number of aromatic nitrogens is 1. The molecule has 1 aromatic carbocycles. The van der Waals surface area contributed by atoms with Crippen LogP contribution >= 0.6 is 0 Å². The Bertz CT molecular complexity index is 505. The van der Waals surface area contributed by atoms with E-state index in [1.807, 2.05) is 18.5 Å². The van der Waals surface area contributed by atoms with Gasteiger partial charge in [0.1, 0.15) is 0 Å². The summed E-state index contributed by atoms with van der Waals surface area (Å²) in [5.41, 5.74) is 2.46. The van der Waals surface area contributed by atoms with Crippen LogP contribution in [-0.4, -0.2) is 11.5 Å². The number of rotatable bonds is 1. The van der Waals surface area contributed by atoms with Crippen LogP contribution in [0, 0.1) is 11.8 Å². The molecule has 0 spiro atoms. The summed E-state index contributed by atoms with van der Waals surface area (Å²) in [5, 5.41) is 6.99. The van der Waals surface area contributed by atoms with E-state index in [0.717, 1.165) is 24.6 Å². The third kappa shape index (κ3) is 4.26. The summed E-state index contributed by atoms with van der Waals surface area (Å²) in [6.07, 6.45) is 4.89. The fourth-order valence-corrected chi connectivity index (χ4v) is 1.91. The van der Waals surface area contributed by atoms with E-state index < -0.39 is 0 Å². The fourth-order valence-electron chi connectivity index (χ4n) is 1.91. The predicted octanol–water partition coefficient (Wildman–Crippen LogP) is 5.05. The summed E-state index contributed by atoms with van der Waals surface area (Å²) in [7, 11) is 0. The monoisotopic (exact) mass is 343 g/mol. The van der Waals surface area contributed by atoms with E-state index in [-0.39, 0.29) is 32.7 Å². The molecule has 2 heterocycles. The van der Waals surface area contributed by atoms with Crippen molar-refractivity contribution in [2.45, 2.75) is 34.1 Å². The van der Waals surface area contributed by atoms with Crippen LogP contribution in [0.25, 0.3) is 16.1 Å². The van der Waals surface area contributed by atoms with E-state index in [0.29, 0.717) is 0 Å². The van der Waals surface area contributed by atoms with Crippen molar-refractivity contribution >= 4 is 16.5 Å². The average molecular weight is 343 g/mol. The zero-order valence-electron chi connectivity index (χ0n) is 12.9. The van der Waals surface area contributed by atoms with E-state index in [1.165, 1.54) is 22.3 Å². The second-order valence-corrected chi connectivity index (χ2v) is 5.54. The van der Waals surface area contributed by atoms with Crippen molar-refractivity contribution < 1.29 is 32.7 Å². The van der Waals surface area contributed by atoms with Gasteiger partial charge in [-0.3, -0.25) is 4.98 Å². The van der Waals surface area contributed by atoms with Crippen molar-refractivity contribution in [2.75, 3.05) is 6.54 Å². The molecule has 3 heteroatoms. The molecule has 105 valence electrons. The Labute approximate surface area is 147 Å². The van der Waals surface area contributed by atoms with Crippen LogP contribution in [0.3, 0.4) is 0 Å². The summed E-state index contributed by atoms with van der Waals surface area (Å²) in [4.78, 5) is 4.22. The zero-order chi connectivity index (χ0) is 13.8. The largest absolute Gasteiger partial charge is 0.684 e. The summed E-state index contributed by atoms with van der Waals surface area (Å²) in [5.74, 6) is 2.28. The van der Waals surface area contributed by atoms with Crippen LogP contribution in [0.1, 0.15) is 33.3 Å². The number of pyridine rings is 1. The molecule has 1 aliphatic heterocycles. The molecule has 3 rings (SSSR count).